The summed E-state index contributed by atoms with van der Waals surface area (Å²) in [6.07, 6.45) is 0.543. The van der Waals surface area contributed by atoms with E-state index < -0.39 is 12.0 Å². The van der Waals surface area contributed by atoms with Crippen molar-refractivity contribution in [2.45, 2.75) is 12.5 Å². The molecule has 120 valence electrons. The van der Waals surface area contributed by atoms with E-state index in [9.17, 15) is 5.26 Å². The zero-order chi connectivity index (χ0) is 17.1. The molecule has 0 radical (unpaired) electrons. The average molecular weight is 357 g/mol. The minimum absolute atomic E-state index is 0.259. The first kappa shape index (κ1) is 16.5. The maximum Gasteiger partial charge on any atom is 0.130 e. The quantitative estimate of drug-likeness (QED) is 0.895. The Kier molecular flexibility index (Phi) is 4.84. The Labute approximate surface area is 150 Å². The Morgan fingerprint density at radius 3 is 2.54 bits per heavy atom. The number of amidine groups is 2. The van der Waals surface area contributed by atoms with Crippen molar-refractivity contribution in [1.82, 2.24) is 0 Å². The van der Waals surface area contributed by atoms with Gasteiger partial charge in [-0.05, 0) is 23.3 Å². The van der Waals surface area contributed by atoms with E-state index in [1.807, 2.05) is 30.3 Å². The zero-order valence-electron chi connectivity index (χ0n) is 12.7. The highest BCUT2D eigenvalue weighted by molar-refractivity contribution is 6.35. The Bertz CT molecular complexity index is 853. The molecule has 0 amide bonds. The molecule has 2 unspecified atom stereocenters. The summed E-state index contributed by atoms with van der Waals surface area (Å²) >= 11 is 12.3. The van der Waals surface area contributed by atoms with Crippen LogP contribution in [-0.4, -0.2) is 11.7 Å². The topological polar surface area (TPSA) is 74.5 Å². The van der Waals surface area contributed by atoms with Crippen LogP contribution in [0.3, 0.4) is 0 Å². The summed E-state index contributed by atoms with van der Waals surface area (Å²) in [5.74, 6) is 0.193. The molecule has 2 aromatic carbocycles. The third-order valence-electron chi connectivity index (χ3n) is 3.81. The molecule has 0 fully saturated rings. The van der Waals surface area contributed by atoms with E-state index in [0.29, 0.717) is 22.3 Å². The number of hydrogen-bond donors (Lipinski definition) is 1. The lowest BCUT2D eigenvalue weighted by molar-refractivity contribution is 0.643. The van der Waals surface area contributed by atoms with Crippen LogP contribution in [0, 0.1) is 17.2 Å². The lowest BCUT2D eigenvalue weighted by Crippen LogP contribution is -2.32. The van der Waals surface area contributed by atoms with E-state index in [1.165, 1.54) is 0 Å². The Morgan fingerprint density at radius 2 is 1.88 bits per heavy atom. The molecule has 1 aliphatic heterocycles. The summed E-state index contributed by atoms with van der Waals surface area (Å²) in [5, 5.41) is 10.5. The van der Waals surface area contributed by atoms with Crippen molar-refractivity contribution in [1.29, 1.82) is 5.26 Å². The van der Waals surface area contributed by atoms with Crippen LogP contribution in [0.5, 0.6) is 0 Å². The van der Waals surface area contributed by atoms with Crippen molar-refractivity contribution in [2.24, 2.45) is 21.6 Å². The van der Waals surface area contributed by atoms with Crippen molar-refractivity contribution in [3.63, 3.8) is 0 Å². The smallest absolute Gasteiger partial charge is 0.130 e. The maximum atomic E-state index is 9.47. The molecule has 2 N–H and O–H groups in total. The molecular weight excluding hydrogens is 343 g/mol. The van der Waals surface area contributed by atoms with Crippen LogP contribution < -0.4 is 5.73 Å². The number of benzene rings is 2. The molecule has 3 rings (SSSR count). The van der Waals surface area contributed by atoms with E-state index >= 15 is 0 Å². The van der Waals surface area contributed by atoms with Gasteiger partial charge in [0.1, 0.15) is 23.6 Å². The molecule has 1 heterocycles. The number of hydrogen-bond acceptors (Lipinski definition) is 4. The molecule has 2 atom stereocenters. The van der Waals surface area contributed by atoms with Gasteiger partial charge in [-0.15, -0.1) is 0 Å². The first-order chi connectivity index (χ1) is 11.6. The first-order valence-electron chi connectivity index (χ1n) is 7.37. The third kappa shape index (κ3) is 3.43. The molecule has 0 bridgehead atoms. The second kappa shape index (κ2) is 7.04. The lowest BCUT2D eigenvalue weighted by atomic mass is 9.92. The fourth-order valence-electron chi connectivity index (χ4n) is 2.64. The second-order valence-electron chi connectivity index (χ2n) is 5.46. The van der Waals surface area contributed by atoms with Crippen LogP contribution in [-0.2, 0) is 6.42 Å². The van der Waals surface area contributed by atoms with Gasteiger partial charge in [0.2, 0.25) is 0 Å². The van der Waals surface area contributed by atoms with Gasteiger partial charge < -0.3 is 5.73 Å². The summed E-state index contributed by atoms with van der Waals surface area (Å²) in [5.41, 5.74) is 7.81. The van der Waals surface area contributed by atoms with Crippen molar-refractivity contribution in [3.8, 4) is 6.07 Å². The molecule has 1 aliphatic rings. The minimum Gasteiger partial charge on any atom is -0.386 e. The highest BCUT2D eigenvalue weighted by Crippen LogP contribution is 2.35. The van der Waals surface area contributed by atoms with Gasteiger partial charge in [0, 0.05) is 16.5 Å². The molecule has 0 aliphatic carbocycles. The van der Waals surface area contributed by atoms with Gasteiger partial charge in [0.05, 0.1) is 6.07 Å². The van der Waals surface area contributed by atoms with E-state index in [0.717, 1.165) is 11.1 Å². The summed E-state index contributed by atoms with van der Waals surface area (Å²) < 4.78 is 0. The van der Waals surface area contributed by atoms with Gasteiger partial charge in [0.25, 0.3) is 0 Å². The molecule has 2 aromatic rings. The number of nitriles is 1. The standard InChI is InChI=1S/C18H14Cl2N4/c19-12-6-7-13(15(20)9-12)17-14(10-21)18(22)24-16(23-17)8-11-4-2-1-3-5-11/h1-7,9,14,17H,8H2,(H2,22,23,24). The molecular formula is C18H14Cl2N4. The van der Waals surface area contributed by atoms with Gasteiger partial charge in [-0.1, -0.05) is 59.6 Å². The number of nitrogens with two attached hydrogens (primary N) is 1. The largest absolute Gasteiger partial charge is 0.386 e. The number of aliphatic imine (C=N–C) groups is 2. The molecule has 0 aromatic heterocycles. The van der Waals surface area contributed by atoms with Gasteiger partial charge >= 0.3 is 0 Å². The van der Waals surface area contributed by atoms with E-state index in [1.54, 1.807) is 18.2 Å². The number of nitrogens with zero attached hydrogens (tertiary/aromatic N) is 3. The lowest BCUT2D eigenvalue weighted by Gasteiger charge is -2.24. The summed E-state index contributed by atoms with van der Waals surface area (Å²) in [6.45, 7) is 0. The fraction of sp³-hybridized carbons (Fsp3) is 0.167. The van der Waals surface area contributed by atoms with Crippen LogP contribution in [0.2, 0.25) is 10.0 Å². The van der Waals surface area contributed by atoms with Crippen molar-refractivity contribution in [3.05, 3.63) is 69.7 Å². The van der Waals surface area contributed by atoms with Crippen LogP contribution in [0.4, 0.5) is 0 Å². The van der Waals surface area contributed by atoms with Crippen LogP contribution in [0.1, 0.15) is 17.2 Å². The zero-order valence-corrected chi connectivity index (χ0v) is 14.2. The monoisotopic (exact) mass is 356 g/mol. The van der Waals surface area contributed by atoms with Gasteiger partial charge in [-0.25, -0.2) is 4.99 Å². The predicted molar refractivity (Wildman–Crippen MR) is 97.5 cm³/mol. The normalized spacial score (nSPS) is 20.0. The second-order valence-corrected chi connectivity index (χ2v) is 6.31. The maximum absolute atomic E-state index is 9.47. The first-order valence-corrected chi connectivity index (χ1v) is 8.13. The van der Waals surface area contributed by atoms with E-state index in [-0.39, 0.29) is 5.84 Å². The molecule has 0 saturated carbocycles. The van der Waals surface area contributed by atoms with E-state index in [4.69, 9.17) is 28.9 Å². The summed E-state index contributed by atoms with van der Waals surface area (Å²) in [6, 6.07) is 16.7. The number of halogens is 2. The highest BCUT2D eigenvalue weighted by atomic mass is 35.5. The van der Waals surface area contributed by atoms with Gasteiger partial charge in [0.15, 0.2) is 0 Å². The van der Waals surface area contributed by atoms with Gasteiger partial charge in [-0.3, -0.25) is 4.99 Å². The number of rotatable bonds is 3. The molecule has 4 nitrogen and oxygen atoms in total. The van der Waals surface area contributed by atoms with Crippen LogP contribution in [0.15, 0.2) is 58.5 Å². The van der Waals surface area contributed by atoms with E-state index in [2.05, 4.69) is 16.1 Å². The predicted octanol–water partition coefficient (Wildman–Crippen LogP) is 4.19. The highest BCUT2D eigenvalue weighted by Gasteiger charge is 2.31. The van der Waals surface area contributed by atoms with Crippen LogP contribution >= 0.6 is 23.2 Å². The Hall–Kier alpha value is -2.35. The molecule has 0 spiro atoms. The van der Waals surface area contributed by atoms with Gasteiger partial charge in [-0.2, -0.15) is 5.26 Å². The molecule has 6 heteroatoms. The van der Waals surface area contributed by atoms with Crippen LogP contribution in [0.25, 0.3) is 0 Å². The van der Waals surface area contributed by atoms with Crippen molar-refractivity contribution in [2.75, 3.05) is 0 Å². The fourth-order valence-corrected chi connectivity index (χ4v) is 3.16. The third-order valence-corrected chi connectivity index (χ3v) is 4.37. The molecule has 0 saturated heterocycles. The Morgan fingerprint density at radius 1 is 1.12 bits per heavy atom. The molecule has 24 heavy (non-hydrogen) atoms. The van der Waals surface area contributed by atoms with Crippen molar-refractivity contribution >= 4 is 34.9 Å². The average Bonchev–Trinajstić information content (AvgIpc) is 2.55. The SMILES string of the molecule is N#CC1C(N)=NC(Cc2ccccc2)=NC1c1ccc(Cl)cc1Cl. The summed E-state index contributed by atoms with van der Waals surface area (Å²) in [7, 11) is 0. The minimum atomic E-state index is -0.650. The summed E-state index contributed by atoms with van der Waals surface area (Å²) in [4.78, 5) is 8.95. The van der Waals surface area contributed by atoms with Crippen molar-refractivity contribution < 1.29 is 0 Å². The Balaban J connectivity index is 1.99.